The van der Waals surface area contributed by atoms with Gasteiger partial charge in [0.15, 0.2) is 0 Å². The Morgan fingerprint density at radius 3 is 2.10 bits per heavy atom. The van der Waals surface area contributed by atoms with Crippen LogP contribution < -0.4 is 16.0 Å². The number of hydrogen-bond donors (Lipinski definition) is 2. The highest BCUT2D eigenvalue weighted by atomic mass is 16.5. The van der Waals surface area contributed by atoms with Crippen LogP contribution in [0.2, 0.25) is 0 Å². The molecule has 1 atom stereocenters. The van der Waals surface area contributed by atoms with E-state index in [0.717, 1.165) is 24.2 Å². The van der Waals surface area contributed by atoms with E-state index in [-0.39, 0.29) is 11.6 Å². The Labute approximate surface area is 121 Å². The first-order chi connectivity index (χ1) is 9.75. The Morgan fingerprint density at radius 1 is 1.05 bits per heavy atom. The first kappa shape index (κ1) is 15.3. The van der Waals surface area contributed by atoms with Gasteiger partial charge < -0.3 is 9.47 Å². The van der Waals surface area contributed by atoms with Crippen molar-refractivity contribution in [2.75, 3.05) is 14.2 Å². The smallest absolute Gasteiger partial charge is 0.118 e. The average Bonchev–Trinajstić information content (AvgIpc) is 2.75. The number of nitrogens with two attached hydrogens (primary N) is 1. The van der Waals surface area contributed by atoms with Gasteiger partial charge in [0.1, 0.15) is 5.75 Å². The van der Waals surface area contributed by atoms with Gasteiger partial charge in [-0.25, -0.2) is 0 Å². The van der Waals surface area contributed by atoms with Gasteiger partial charge in [0, 0.05) is 7.11 Å². The van der Waals surface area contributed by atoms with Gasteiger partial charge in [0.25, 0.3) is 0 Å². The van der Waals surface area contributed by atoms with Crippen molar-refractivity contribution in [3.8, 4) is 5.75 Å². The number of hydrogen-bond acceptors (Lipinski definition) is 4. The monoisotopic (exact) mass is 278 g/mol. The third-order valence-corrected chi connectivity index (χ3v) is 4.50. The van der Waals surface area contributed by atoms with E-state index in [1.165, 1.54) is 25.7 Å². The van der Waals surface area contributed by atoms with Gasteiger partial charge in [-0.1, -0.05) is 37.8 Å². The SMILES string of the molecule is COc1ccc(C(NN)C2(OC)CCCCCC2)cc1. The van der Waals surface area contributed by atoms with Gasteiger partial charge in [-0.05, 0) is 30.5 Å². The minimum absolute atomic E-state index is 0.0107. The van der Waals surface area contributed by atoms with Crippen LogP contribution in [-0.4, -0.2) is 19.8 Å². The Balaban J connectivity index is 2.27. The summed E-state index contributed by atoms with van der Waals surface area (Å²) in [7, 11) is 3.48. The van der Waals surface area contributed by atoms with Crippen LogP contribution in [0.15, 0.2) is 24.3 Å². The standard InChI is InChI=1S/C16H26N2O2/c1-19-14-9-7-13(8-10-14)15(18-17)16(20-2)11-5-3-4-6-12-16/h7-10,15,18H,3-6,11-12,17H2,1-2H3. The van der Waals surface area contributed by atoms with Crippen molar-refractivity contribution < 1.29 is 9.47 Å². The molecule has 1 aliphatic carbocycles. The van der Waals surface area contributed by atoms with E-state index in [9.17, 15) is 0 Å². The maximum Gasteiger partial charge on any atom is 0.118 e. The normalized spacial score (nSPS) is 20.1. The molecule has 0 saturated heterocycles. The summed E-state index contributed by atoms with van der Waals surface area (Å²) in [5.74, 6) is 6.71. The molecule has 112 valence electrons. The molecule has 1 fully saturated rings. The number of hydrazine groups is 1. The minimum atomic E-state index is -0.208. The molecule has 1 aliphatic rings. The van der Waals surface area contributed by atoms with Crippen LogP contribution in [0.5, 0.6) is 5.75 Å². The molecule has 0 aliphatic heterocycles. The molecule has 0 heterocycles. The highest BCUT2D eigenvalue weighted by Gasteiger charge is 2.39. The van der Waals surface area contributed by atoms with Gasteiger partial charge in [-0.3, -0.25) is 11.3 Å². The topological polar surface area (TPSA) is 56.5 Å². The Hall–Kier alpha value is -1.10. The number of rotatable bonds is 5. The van der Waals surface area contributed by atoms with Crippen molar-refractivity contribution in [1.82, 2.24) is 5.43 Å². The van der Waals surface area contributed by atoms with Crippen LogP contribution in [0.25, 0.3) is 0 Å². The molecule has 20 heavy (non-hydrogen) atoms. The Morgan fingerprint density at radius 2 is 1.65 bits per heavy atom. The van der Waals surface area contributed by atoms with Crippen LogP contribution in [-0.2, 0) is 4.74 Å². The van der Waals surface area contributed by atoms with Crippen LogP contribution >= 0.6 is 0 Å². The lowest BCUT2D eigenvalue weighted by atomic mass is 9.82. The van der Waals surface area contributed by atoms with Crippen LogP contribution in [0.1, 0.15) is 50.1 Å². The summed E-state index contributed by atoms with van der Waals surface area (Å²) in [5, 5.41) is 0. The molecule has 4 heteroatoms. The molecule has 3 N–H and O–H groups in total. The predicted octanol–water partition coefficient (Wildman–Crippen LogP) is 2.94. The van der Waals surface area contributed by atoms with E-state index in [2.05, 4.69) is 17.6 Å². The molecule has 1 aromatic rings. The summed E-state index contributed by atoms with van der Waals surface area (Å²) in [6, 6.07) is 8.08. The first-order valence-electron chi connectivity index (χ1n) is 7.41. The molecule has 0 spiro atoms. The summed E-state index contributed by atoms with van der Waals surface area (Å²) in [4.78, 5) is 0. The number of nitrogens with one attached hydrogen (secondary N) is 1. The average molecular weight is 278 g/mol. The zero-order chi connectivity index (χ0) is 14.4. The van der Waals surface area contributed by atoms with Gasteiger partial charge in [-0.2, -0.15) is 0 Å². The molecule has 0 radical (unpaired) electrons. The third-order valence-electron chi connectivity index (χ3n) is 4.50. The van der Waals surface area contributed by atoms with Crippen molar-refractivity contribution >= 4 is 0 Å². The molecule has 0 aromatic heterocycles. The van der Waals surface area contributed by atoms with Crippen LogP contribution in [0.3, 0.4) is 0 Å². The summed E-state index contributed by atoms with van der Waals surface area (Å²) < 4.78 is 11.2. The second-order valence-corrected chi connectivity index (χ2v) is 5.56. The van der Waals surface area contributed by atoms with Crippen molar-refractivity contribution in [1.29, 1.82) is 0 Å². The second kappa shape index (κ2) is 7.07. The highest BCUT2D eigenvalue weighted by molar-refractivity contribution is 5.30. The predicted molar refractivity (Wildman–Crippen MR) is 80.5 cm³/mol. The number of ether oxygens (including phenoxy) is 2. The van der Waals surface area contributed by atoms with E-state index in [1.54, 1.807) is 14.2 Å². The molecule has 1 aromatic carbocycles. The van der Waals surface area contributed by atoms with Gasteiger partial charge in [0.05, 0.1) is 18.8 Å². The molecule has 1 unspecified atom stereocenters. The van der Waals surface area contributed by atoms with E-state index >= 15 is 0 Å². The fourth-order valence-electron chi connectivity index (χ4n) is 3.29. The largest absolute Gasteiger partial charge is 0.497 e. The molecule has 4 nitrogen and oxygen atoms in total. The number of methoxy groups -OCH3 is 2. The Kier molecular flexibility index (Phi) is 5.40. The van der Waals surface area contributed by atoms with Gasteiger partial charge in [-0.15, -0.1) is 0 Å². The van der Waals surface area contributed by atoms with Crippen molar-refractivity contribution in [3.63, 3.8) is 0 Å². The van der Waals surface area contributed by atoms with Gasteiger partial charge in [0.2, 0.25) is 0 Å². The molecular weight excluding hydrogens is 252 g/mol. The molecule has 1 saturated carbocycles. The van der Waals surface area contributed by atoms with Gasteiger partial charge >= 0.3 is 0 Å². The fraction of sp³-hybridized carbons (Fsp3) is 0.625. The van der Waals surface area contributed by atoms with E-state index in [4.69, 9.17) is 15.3 Å². The second-order valence-electron chi connectivity index (χ2n) is 5.56. The lowest BCUT2D eigenvalue weighted by Gasteiger charge is -2.39. The maximum atomic E-state index is 5.95. The lowest BCUT2D eigenvalue weighted by Crippen LogP contribution is -2.47. The molecule has 0 bridgehead atoms. The van der Waals surface area contributed by atoms with E-state index in [0.29, 0.717) is 0 Å². The van der Waals surface area contributed by atoms with Crippen molar-refractivity contribution in [2.45, 2.75) is 50.2 Å². The number of benzene rings is 1. The summed E-state index contributed by atoms with van der Waals surface area (Å²) in [6.07, 6.45) is 7.05. The Bertz CT molecular complexity index is 397. The quantitative estimate of drug-likeness (QED) is 0.494. The summed E-state index contributed by atoms with van der Waals surface area (Å²) >= 11 is 0. The van der Waals surface area contributed by atoms with Crippen molar-refractivity contribution in [3.05, 3.63) is 29.8 Å². The molecule has 0 amide bonds. The maximum absolute atomic E-state index is 5.95. The highest BCUT2D eigenvalue weighted by Crippen LogP contribution is 2.40. The van der Waals surface area contributed by atoms with Crippen molar-refractivity contribution in [2.24, 2.45) is 5.84 Å². The molecular formula is C16H26N2O2. The zero-order valence-electron chi connectivity index (χ0n) is 12.5. The minimum Gasteiger partial charge on any atom is -0.497 e. The van der Waals surface area contributed by atoms with E-state index in [1.807, 2.05) is 12.1 Å². The first-order valence-corrected chi connectivity index (χ1v) is 7.41. The zero-order valence-corrected chi connectivity index (χ0v) is 12.5. The van der Waals surface area contributed by atoms with Crippen LogP contribution in [0, 0.1) is 0 Å². The van der Waals surface area contributed by atoms with E-state index < -0.39 is 0 Å². The van der Waals surface area contributed by atoms with Crippen LogP contribution in [0.4, 0.5) is 0 Å². The summed E-state index contributed by atoms with van der Waals surface area (Å²) in [6.45, 7) is 0. The molecule has 2 rings (SSSR count). The lowest BCUT2D eigenvalue weighted by molar-refractivity contribution is -0.0541. The fourth-order valence-corrected chi connectivity index (χ4v) is 3.29. The third kappa shape index (κ3) is 3.14. The summed E-state index contributed by atoms with van der Waals surface area (Å²) in [5.41, 5.74) is 3.92.